The smallest absolute Gasteiger partial charge is 0.251 e. The molecule has 0 aliphatic heterocycles. The molecule has 1 aromatic rings. The highest BCUT2D eigenvalue weighted by Gasteiger charge is 2.08. The number of pyridine rings is 1. The fourth-order valence-corrected chi connectivity index (χ4v) is 1.46. The predicted octanol–water partition coefficient (Wildman–Crippen LogP) is 0.994. The third-order valence-corrected chi connectivity index (χ3v) is 2.07. The van der Waals surface area contributed by atoms with Crippen LogP contribution in [0.4, 0.5) is 0 Å². The van der Waals surface area contributed by atoms with E-state index in [-0.39, 0.29) is 34.7 Å². The molecule has 0 spiro atoms. The van der Waals surface area contributed by atoms with Crippen molar-refractivity contribution in [1.29, 1.82) is 0 Å². The van der Waals surface area contributed by atoms with Gasteiger partial charge in [0, 0.05) is 18.5 Å². The standard InChI is InChI=1S/C9H9Cl2N3O2/c10-6-3-5(4-7(11)14-6)9(16)13-2-1-8(12)15/h3-4H,1-2H2,(H2,12,15)(H,13,16). The van der Waals surface area contributed by atoms with Gasteiger partial charge in [0.15, 0.2) is 0 Å². The van der Waals surface area contributed by atoms with Gasteiger partial charge < -0.3 is 11.1 Å². The number of nitrogens with one attached hydrogen (secondary N) is 1. The van der Waals surface area contributed by atoms with E-state index in [2.05, 4.69) is 10.3 Å². The number of amides is 2. The van der Waals surface area contributed by atoms with Gasteiger partial charge in [-0.3, -0.25) is 9.59 Å². The highest BCUT2D eigenvalue weighted by molar-refractivity contribution is 6.33. The van der Waals surface area contributed by atoms with Gasteiger partial charge in [-0.1, -0.05) is 23.2 Å². The lowest BCUT2D eigenvalue weighted by atomic mass is 10.2. The highest BCUT2D eigenvalue weighted by Crippen LogP contribution is 2.14. The van der Waals surface area contributed by atoms with Gasteiger partial charge in [0.25, 0.3) is 5.91 Å². The first-order chi connectivity index (χ1) is 7.49. The minimum atomic E-state index is -0.480. The number of primary amides is 1. The van der Waals surface area contributed by atoms with Crippen molar-refractivity contribution in [3.05, 3.63) is 28.0 Å². The fourth-order valence-electron chi connectivity index (χ4n) is 0.997. The van der Waals surface area contributed by atoms with Crippen molar-refractivity contribution in [2.45, 2.75) is 6.42 Å². The van der Waals surface area contributed by atoms with Crippen LogP contribution in [0, 0.1) is 0 Å². The van der Waals surface area contributed by atoms with Crippen molar-refractivity contribution in [3.63, 3.8) is 0 Å². The van der Waals surface area contributed by atoms with Gasteiger partial charge in [-0.2, -0.15) is 0 Å². The second-order valence-corrected chi connectivity index (χ2v) is 3.75. The van der Waals surface area contributed by atoms with Crippen LogP contribution < -0.4 is 11.1 Å². The Kier molecular flexibility index (Phi) is 4.52. The van der Waals surface area contributed by atoms with Crippen LogP contribution >= 0.6 is 23.2 Å². The second kappa shape index (κ2) is 5.67. The molecule has 0 fully saturated rings. The first-order valence-electron chi connectivity index (χ1n) is 4.38. The summed E-state index contributed by atoms with van der Waals surface area (Å²) in [5.74, 6) is -0.862. The fraction of sp³-hybridized carbons (Fsp3) is 0.222. The molecule has 86 valence electrons. The molecule has 0 saturated heterocycles. The summed E-state index contributed by atoms with van der Waals surface area (Å²) in [5.41, 5.74) is 5.21. The molecule has 1 heterocycles. The lowest BCUT2D eigenvalue weighted by Gasteiger charge is -2.04. The first-order valence-corrected chi connectivity index (χ1v) is 5.14. The molecule has 3 N–H and O–H groups in total. The van der Waals surface area contributed by atoms with E-state index in [1.807, 2.05) is 0 Å². The third kappa shape index (κ3) is 4.04. The largest absolute Gasteiger partial charge is 0.370 e. The minimum Gasteiger partial charge on any atom is -0.370 e. The topological polar surface area (TPSA) is 85.1 Å². The Balaban J connectivity index is 2.62. The van der Waals surface area contributed by atoms with E-state index >= 15 is 0 Å². The van der Waals surface area contributed by atoms with Crippen LogP contribution in [0.25, 0.3) is 0 Å². The van der Waals surface area contributed by atoms with Gasteiger partial charge in [-0.15, -0.1) is 0 Å². The van der Waals surface area contributed by atoms with Crippen molar-refractivity contribution in [2.75, 3.05) is 6.54 Å². The molecule has 1 aromatic heterocycles. The van der Waals surface area contributed by atoms with Crippen LogP contribution in [0.5, 0.6) is 0 Å². The summed E-state index contributed by atoms with van der Waals surface area (Å²) >= 11 is 11.3. The average molecular weight is 262 g/mol. The van der Waals surface area contributed by atoms with Crippen LogP contribution in [0.1, 0.15) is 16.8 Å². The van der Waals surface area contributed by atoms with Gasteiger partial charge in [-0.25, -0.2) is 4.98 Å². The number of carbonyl (C=O) groups is 2. The van der Waals surface area contributed by atoms with Crippen LogP contribution in [-0.4, -0.2) is 23.3 Å². The Hall–Kier alpha value is -1.33. The highest BCUT2D eigenvalue weighted by atomic mass is 35.5. The molecule has 0 radical (unpaired) electrons. The lowest BCUT2D eigenvalue weighted by molar-refractivity contribution is -0.117. The van der Waals surface area contributed by atoms with E-state index in [0.717, 1.165) is 0 Å². The maximum absolute atomic E-state index is 11.5. The summed E-state index contributed by atoms with van der Waals surface area (Å²) in [5, 5.41) is 2.76. The van der Waals surface area contributed by atoms with E-state index in [0.29, 0.717) is 0 Å². The summed E-state index contributed by atoms with van der Waals surface area (Å²) in [6.07, 6.45) is 0.0816. The van der Waals surface area contributed by atoms with Crippen LogP contribution in [-0.2, 0) is 4.79 Å². The normalized spacial score (nSPS) is 9.88. The van der Waals surface area contributed by atoms with E-state index in [9.17, 15) is 9.59 Å². The molecular formula is C9H9Cl2N3O2. The summed E-state index contributed by atoms with van der Waals surface area (Å²) in [7, 11) is 0. The Bertz CT molecular complexity index is 403. The molecule has 5 nitrogen and oxygen atoms in total. The molecular weight excluding hydrogens is 253 g/mol. The van der Waals surface area contributed by atoms with E-state index in [1.54, 1.807) is 0 Å². The molecule has 2 amide bonds. The summed E-state index contributed by atoms with van der Waals surface area (Å²) in [6.45, 7) is 0.172. The number of aromatic nitrogens is 1. The third-order valence-electron chi connectivity index (χ3n) is 1.68. The molecule has 0 unspecified atom stereocenters. The monoisotopic (exact) mass is 261 g/mol. The number of nitrogens with zero attached hydrogens (tertiary/aromatic N) is 1. The predicted molar refractivity (Wildman–Crippen MR) is 60.4 cm³/mol. The molecule has 0 aromatic carbocycles. The maximum atomic E-state index is 11.5. The number of hydrogen-bond donors (Lipinski definition) is 2. The lowest BCUT2D eigenvalue weighted by Crippen LogP contribution is -2.27. The van der Waals surface area contributed by atoms with Gasteiger partial charge in [0.2, 0.25) is 5.91 Å². The Labute approximate surface area is 102 Å². The Morgan fingerprint density at radius 2 is 1.88 bits per heavy atom. The zero-order valence-corrected chi connectivity index (χ0v) is 9.68. The average Bonchev–Trinajstić information content (AvgIpc) is 2.15. The molecule has 7 heteroatoms. The molecule has 1 rings (SSSR count). The van der Waals surface area contributed by atoms with Gasteiger partial charge in [-0.05, 0) is 12.1 Å². The summed E-state index contributed by atoms with van der Waals surface area (Å²) in [4.78, 5) is 25.7. The van der Waals surface area contributed by atoms with E-state index in [4.69, 9.17) is 28.9 Å². The van der Waals surface area contributed by atoms with E-state index < -0.39 is 5.91 Å². The number of halogens is 2. The quantitative estimate of drug-likeness (QED) is 0.793. The summed E-state index contributed by atoms with van der Waals surface area (Å²) < 4.78 is 0. The zero-order chi connectivity index (χ0) is 12.1. The van der Waals surface area contributed by atoms with Gasteiger partial charge in [0.1, 0.15) is 10.3 Å². The van der Waals surface area contributed by atoms with Crippen molar-refractivity contribution in [2.24, 2.45) is 5.73 Å². The SMILES string of the molecule is NC(=O)CCNC(=O)c1cc(Cl)nc(Cl)c1. The van der Waals surface area contributed by atoms with Crippen molar-refractivity contribution < 1.29 is 9.59 Å². The van der Waals surface area contributed by atoms with Crippen LogP contribution in [0.15, 0.2) is 12.1 Å². The molecule has 0 aliphatic carbocycles. The molecule has 0 saturated carbocycles. The maximum Gasteiger partial charge on any atom is 0.251 e. The van der Waals surface area contributed by atoms with Crippen LogP contribution in [0.2, 0.25) is 10.3 Å². The van der Waals surface area contributed by atoms with Gasteiger partial charge >= 0.3 is 0 Å². The van der Waals surface area contributed by atoms with Crippen LogP contribution in [0.3, 0.4) is 0 Å². The summed E-state index contributed by atoms with van der Waals surface area (Å²) in [6, 6.07) is 2.76. The Morgan fingerprint density at radius 3 is 2.38 bits per heavy atom. The number of hydrogen-bond acceptors (Lipinski definition) is 3. The molecule has 0 atom stereocenters. The number of nitrogens with two attached hydrogens (primary N) is 1. The van der Waals surface area contributed by atoms with Crippen molar-refractivity contribution >= 4 is 35.0 Å². The molecule has 0 bridgehead atoms. The van der Waals surface area contributed by atoms with Crippen molar-refractivity contribution in [3.8, 4) is 0 Å². The van der Waals surface area contributed by atoms with Crippen molar-refractivity contribution in [1.82, 2.24) is 10.3 Å². The van der Waals surface area contributed by atoms with E-state index in [1.165, 1.54) is 12.1 Å². The number of carbonyl (C=O) groups excluding carboxylic acids is 2. The van der Waals surface area contributed by atoms with Gasteiger partial charge in [0.05, 0.1) is 0 Å². The first kappa shape index (κ1) is 12.7. The molecule has 0 aliphatic rings. The molecule has 16 heavy (non-hydrogen) atoms. The Morgan fingerprint density at radius 1 is 1.31 bits per heavy atom. The minimum absolute atomic E-state index is 0.0816. The zero-order valence-electron chi connectivity index (χ0n) is 8.17. The number of rotatable bonds is 4. The second-order valence-electron chi connectivity index (χ2n) is 2.97.